The van der Waals surface area contributed by atoms with Crippen LogP contribution in [0.25, 0.3) is 0 Å². The summed E-state index contributed by atoms with van der Waals surface area (Å²) in [6, 6.07) is 4.59. The van der Waals surface area contributed by atoms with E-state index in [-0.39, 0.29) is 0 Å². The van der Waals surface area contributed by atoms with E-state index in [4.69, 9.17) is 0 Å². The van der Waals surface area contributed by atoms with Gasteiger partial charge in [-0.05, 0) is 43.0 Å². The van der Waals surface area contributed by atoms with Crippen molar-refractivity contribution >= 4 is 11.3 Å². The summed E-state index contributed by atoms with van der Waals surface area (Å²) in [7, 11) is 0. The zero-order valence-corrected chi connectivity index (χ0v) is 13.6. The molecule has 1 atom stereocenters. The molecule has 1 aromatic heterocycles. The Balaban J connectivity index is 1.84. The highest BCUT2D eigenvalue weighted by Crippen LogP contribution is 2.34. The van der Waals surface area contributed by atoms with Crippen LogP contribution in [0.15, 0.2) is 12.1 Å². The van der Waals surface area contributed by atoms with Crippen molar-refractivity contribution in [1.29, 1.82) is 0 Å². The topological polar surface area (TPSA) is 15.3 Å². The molecule has 0 aliphatic carbocycles. The van der Waals surface area contributed by atoms with Gasteiger partial charge in [-0.25, -0.2) is 0 Å². The lowest BCUT2D eigenvalue weighted by atomic mass is 9.80. The average Bonchev–Trinajstić information content (AvgIpc) is 2.95. The molecule has 0 amide bonds. The van der Waals surface area contributed by atoms with Gasteiger partial charge < -0.3 is 5.32 Å². The van der Waals surface area contributed by atoms with Gasteiger partial charge in [0.1, 0.15) is 0 Å². The summed E-state index contributed by atoms with van der Waals surface area (Å²) >= 11 is 1.96. The first kappa shape index (κ1) is 15.0. The van der Waals surface area contributed by atoms with Crippen LogP contribution in [0.3, 0.4) is 0 Å². The molecule has 0 radical (unpaired) electrons. The third kappa shape index (κ3) is 4.30. The molecular formula is C16H28N2S. The first-order chi connectivity index (χ1) is 8.99. The summed E-state index contributed by atoms with van der Waals surface area (Å²) in [6.45, 7) is 15.0. The molecule has 19 heavy (non-hydrogen) atoms. The van der Waals surface area contributed by atoms with Crippen LogP contribution < -0.4 is 5.32 Å². The molecular weight excluding hydrogens is 252 g/mol. The molecule has 0 saturated carbocycles. The molecule has 1 aromatic rings. The molecule has 1 fully saturated rings. The quantitative estimate of drug-likeness (QED) is 0.884. The molecule has 2 rings (SSSR count). The predicted octanol–water partition coefficient (Wildman–Crippen LogP) is 3.73. The number of hydrogen-bond acceptors (Lipinski definition) is 3. The van der Waals surface area contributed by atoms with Crippen LogP contribution in [0.5, 0.6) is 0 Å². The van der Waals surface area contributed by atoms with E-state index in [0.717, 1.165) is 25.6 Å². The highest BCUT2D eigenvalue weighted by atomic mass is 32.1. The van der Waals surface area contributed by atoms with Crippen LogP contribution in [0.4, 0.5) is 0 Å². The van der Waals surface area contributed by atoms with Gasteiger partial charge in [-0.1, -0.05) is 27.7 Å². The van der Waals surface area contributed by atoms with Gasteiger partial charge in [-0.2, -0.15) is 0 Å². The maximum Gasteiger partial charge on any atom is 0.0328 e. The Labute approximate surface area is 122 Å². The molecule has 2 nitrogen and oxygen atoms in total. The van der Waals surface area contributed by atoms with E-state index in [2.05, 4.69) is 50.0 Å². The Morgan fingerprint density at radius 3 is 2.68 bits per heavy atom. The van der Waals surface area contributed by atoms with Crippen LogP contribution in [-0.2, 0) is 13.1 Å². The Hall–Kier alpha value is -0.380. The third-order valence-corrected chi connectivity index (χ3v) is 5.21. The zero-order chi connectivity index (χ0) is 13.9. The summed E-state index contributed by atoms with van der Waals surface area (Å²) in [5.74, 6) is 0.855. The molecule has 1 aliphatic heterocycles. The van der Waals surface area contributed by atoms with Gasteiger partial charge in [-0.15, -0.1) is 11.3 Å². The predicted molar refractivity (Wildman–Crippen MR) is 84.5 cm³/mol. The van der Waals surface area contributed by atoms with Crippen molar-refractivity contribution in [3.05, 3.63) is 21.9 Å². The molecule has 2 heterocycles. The standard InChI is InChI=1S/C16H28N2S/c1-5-17-10-14-6-7-15(19-14)12-18-9-8-13(11-18)16(2,3)4/h6-7,13,17H,5,8-12H2,1-4H3. The average molecular weight is 280 g/mol. The number of nitrogens with one attached hydrogen (secondary N) is 1. The lowest BCUT2D eigenvalue weighted by Gasteiger charge is -2.27. The second-order valence-electron chi connectivity index (χ2n) is 6.74. The second-order valence-corrected chi connectivity index (χ2v) is 7.99. The minimum Gasteiger partial charge on any atom is -0.312 e. The maximum atomic E-state index is 3.40. The van der Waals surface area contributed by atoms with E-state index in [0.29, 0.717) is 5.41 Å². The molecule has 108 valence electrons. The highest BCUT2D eigenvalue weighted by Gasteiger charge is 2.31. The molecule has 1 aliphatic rings. The smallest absolute Gasteiger partial charge is 0.0328 e. The van der Waals surface area contributed by atoms with Crippen LogP contribution in [0, 0.1) is 11.3 Å². The summed E-state index contributed by atoms with van der Waals surface area (Å²) in [4.78, 5) is 5.60. The first-order valence-corrected chi connectivity index (χ1v) is 8.31. The van der Waals surface area contributed by atoms with Crippen molar-refractivity contribution in [2.45, 2.75) is 47.2 Å². The first-order valence-electron chi connectivity index (χ1n) is 7.49. The molecule has 0 spiro atoms. The van der Waals surface area contributed by atoms with Crippen molar-refractivity contribution in [2.75, 3.05) is 19.6 Å². The highest BCUT2D eigenvalue weighted by molar-refractivity contribution is 7.11. The van der Waals surface area contributed by atoms with Gasteiger partial charge in [0.05, 0.1) is 0 Å². The van der Waals surface area contributed by atoms with Crippen molar-refractivity contribution in [3.8, 4) is 0 Å². The largest absolute Gasteiger partial charge is 0.312 e. The van der Waals surface area contributed by atoms with Gasteiger partial charge >= 0.3 is 0 Å². The Morgan fingerprint density at radius 2 is 2.05 bits per heavy atom. The van der Waals surface area contributed by atoms with E-state index in [9.17, 15) is 0 Å². The molecule has 1 unspecified atom stereocenters. The number of nitrogens with zero attached hydrogens (tertiary/aromatic N) is 1. The zero-order valence-electron chi connectivity index (χ0n) is 12.8. The van der Waals surface area contributed by atoms with Crippen molar-refractivity contribution in [3.63, 3.8) is 0 Å². The summed E-state index contributed by atoms with van der Waals surface area (Å²) < 4.78 is 0. The van der Waals surface area contributed by atoms with Crippen LogP contribution in [0.1, 0.15) is 43.9 Å². The summed E-state index contributed by atoms with van der Waals surface area (Å²) in [6.07, 6.45) is 1.36. The van der Waals surface area contributed by atoms with Gasteiger partial charge in [0, 0.05) is 29.4 Å². The van der Waals surface area contributed by atoms with E-state index >= 15 is 0 Å². The van der Waals surface area contributed by atoms with Crippen molar-refractivity contribution < 1.29 is 0 Å². The Bertz CT molecular complexity index is 392. The molecule has 0 bridgehead atoms. The number of likely N-dealkylation sites (tertiary alicyclic amines) is 1. The van der Waals surface area contributed by atoms with Gasteiger partial charge in [0.2, 0.25) is 0 Å². The van der Waals surface area contributed by atoms with Crippen LogP contribution in [-0.4, -0.2) is 24.5 Å². The summed E-state index contributed by atoms with van der Waals surface area (Å²) in [5.41, 5.74) is 0.459. The van der Waals surface area contributed by atoms with Crippen LogP contribution in [0.2, 0.25) is 0 Å². The molecule has 1 saturated heterocycles. The fraction of sp³-hybridized carbons (Fsp3) is 0.750. The minimum atomic E-state index is 0.459. The van der Waals surface area contributed by atoms with E-state index in [1.165, 1.54) is 29.3 Å². The van der Waals surface area contributed by atoms with Gasteiger partial charge in [-0.3, -0.25) is 4.90 Å². The van der Waals surface area contributed by atoms with Gasteiger partial charge in [0.15, 0.2) is 0 Å². The normalized spacial score (nSPS) is 21.2. The minimum absolute atomic E-state index is 0.459. The van der Waals surface area contributed by atoms with E-state index in [1.807, 2.05) is 11.3 Å². The third-order valence-electron chi connectivity index (χ3n) is 4.14. The number of rotatable bonds is 5. The summed E-state index contributed by atoms with van der Waals surface area (Å²) in [5, 5.41) is 3.40. The lowest BCUT2D eigenvalue weighted by Crippen LogP contribution is -2.25. The SMILES string of the molecule is CCNCc1ccc(CN2CCC(C(C)(C)C)C2)s1. The molecule has 1 N–H and O–H groups in total. The number of thiophene rings is 1. The van der Waals surface area contributed by atoms with Gasteiger partial charge in [0.25, 0.3) is 0 Å². The monoisotopic (exact) mass is 280 g/mol. The van der Waals surface area contributed by atoms with E-state index in [1.54, 1.807) is 0 Å². The fourth-order valence-corrected chi connectivity index (χ4v) is 3.78. The Kier molecular flexibility index (Phi) is 5.04. The number of hydrogen-bond donors (Lipinski definition) is 1. The van der Waals surface area contributed by atoms with E-state index < -0.39 is 0 Å². The molecule has 3 heteroatoms. The lowest BCUT2D eigenvalue weighted by molar-refractivity contribution is 0.227. The maximum absolute atomic E-state index is 3.40. The van der Waals surface area contributed by atoms with Crippen molar-refractivity contribution in [2.24, 2.45) is 11.3 Å². The van der Waals surface area contributed by atoms with Crippen molar-refractivity contribution in [1.82, 2.24) is 10.2 Å². The Morgan fingerprint density at radius 1 is 1.32 bits per heavy atom. The fourth-order valence-electron chi connectivity index (χ4n) is 2.75. The van der Waals surface area contributed by atoms with Crippen LogP contribution >= 0.6 is 11.3 Å². The second kappa shape index (κ2) is 6.38. The molecule has 0 aromatic carbocycles.